The SMILES string of the molecule is Cc1cc(C(=O)N2CCOCC2)c(C)n1Cc1ccccn1. The normalized spacial score (nSPS) is 15.1. The van der Waals surface area contributed by atoms with Gasteiger partial charge >= 0.3 is 0 Å². The molecule has 0 unspecified atom stereocenters. The van der Waals surface area contributed by atoms with Crippen molar-refractivity contribution in [3.63, 3.8) is 0 Å². The summed E-state index contributed by atoms with van der Waals surface area (Å²) in [6.45, 7) is 7.31. The number of nitrogens with zero attached hydrogens (tertiary/aromatic N) is 3. The molecular formula is C17H21N3O2. The van der Waals surface area contributed by atoms with Crippen LogP contribution in [0, 0.1) is 13.8 Å². The average Bonchev–Trinajstić information content (AvgIpc) is 2.84. The molecule has 1 aliphatic heterocycles. The van der Waals surface area contributed by atoms with E-state index in [1.54, 1.807) is 6.20 Å². The van der Waals surface area contributed by atoms with Gasteiger partial charge in [0, 0.05) is 30.7 Å². The van der Waals surface area contributed by atoms with Crippen molar-refractivity contribution in [2.24, 2.45) is 0 Å². The third-order valence-electron chi connectivity index (χ3n) is 4.15. The second kappa shape index (κ2) is 6.32. The Kier molecular flexibility index (Phi) is 4.24. The monoisotopic (exact) mass is 299 g/mol. The van der Waals surface area contributed by atoms with Crippen molar-refractivity contribution in [3.05, 3.63) is 53.1 Å². The van der Waals surface area contributed by atoms with E-state index in [9.17, 15) is 4.79 Å². The van der Waals surface area contributed by atoms with E-state index in [2.05, 4.69) is 9.55 Å². The second-order valence-corrected chi connectivity index (χ2v) is 5.60. The molecule has 2 aromatic heterocycles. The van der Waals surface area contributed by atoms with Gasteiger partial charge in [-0.15, -0.1) is 0 Å². The molecule has 1 amide bonds. The van der Waals surface area contributed by atoms with Crippen molar-refractivity contribution in [2.45, 2.75) is 20.4 Å². The van der Waals surface area contributed by atoms with E-state index in [4.69, 9.17) is 4.74 Å². The number of aryl methyl sites for hydroxylation is 1. The van der Waals surface area contributed by atoms with Gasteiger partial charge in [-0.2, -0.15) is 0 Å². The van der Waals surface area contributed by atoms with Crippen LogP contribution in [-0.2, 0) is 11.3 Å². The van der Waals surface area contributed by atoms with Crippen LogP contribution in [0.2, 0.25) is 0 Å². The number of pyridine rings is 1. The minimum Gasteiger partial charge on any atom is -0.378 e. The van der Waals surface area contributed by atoms with Crippen molar-refractivity contribution in [2.75, 3.05) is 26.3 Å². The molecular weight excluding hydrogens is 278 g/mol. The summed E-state index contributed by atoms with van der Waals surface area (Å²) in [5, 5.41) is 0. The van der Waals surface area contributed by atoms with Crippen molar-refractivity contribution in [1.29, 1.82) is 0 Å². The predicted molar refractivity (Wildman–Crippen MR) is 84.0 cm³/mol. The lowest BCUT2D eigenvalue weighted by Gasteiger charge is -2.26. The maximum absolute atomic E-state index is 12.7. The van der Waals surface area contributed by atoms with E-state index in [1.807, 2.05) is 43.0 Å². The first-order valence-corrected chi connectivity index (χ1v) is 7.60. The summed E-state index contributed by atoms with van der Waals surface area (Å²) in [5.41, 5.74) is 3.87. The number of carbonyl (C=O) groups is 1. The van der Waals surface area contributed by atoms with Gasteiger partial charge in [0.1, 0.15) is 0 Å². The highest BCUT2D eigenvalue weighted by molar-refractivity contribution is 5.95. The topological polar surface area (TPSA) is 47.4 Å². The van der Waals surface area contributed by atoms with Crippen LogP contribution >= 0.6 is 0 Å². The Balaban J connectivity index is 1.84. The standard InChI is InChI=1S/C17H21N3O2/c1-13-11-16(17(21)19-7-9-22-10-8-19)14(2)20(13)12-15-5-3-4-6-18-15/h3-6,11H,7-10,12H2,1-2H3. The lowest BCUT2D eigenvalue weighted by atomic mass is 10.2. The molecule has 0 saturated carbocycles. The van der Waals surface area contributed by atoms with Crippen LogP contribution in [0.1, 0.15) is 27.4 Å². The molecule has 5 heteroatoms. The van der Waals surface area contributed by atoms with Gasteiger partial charge in [0.2, 0.25) is 0 Å². The molecule has 2 aromatic rings. The number of hydrogen-bond acceptors (Lipinski definition) is 3. The molecule has 0 aromatic carbocycles. The van der Waals surface area contributed by atoms with Gasteiger partial charge in [0.05, 0.1) is 31.0 Å². The van der Waals surface area contributed by atoms with E-state index in [1.165, 1.54) is 0 Å². The van der Waals surface area contributed by atoms with Crippen LogP contribution < -0.4 is 0 Å². The fourth-order valence-corrected chi connectivity index (χ4v) is 2.85. The summed E-state index contributed by atoms with van der Waals surface area (Å²) in [6.07, 6.45) is 1.79. The molecule has 22 heavy (non-hydrogen) atoms. The highest BCUT2D eigenvalue weighted by Gasteiger charge is 2.23. The zero-order chi connectivity index (χ0) is 15.5. The van der Waals surface area contributed by atoms with E-state index in [-0.39, 0.29) is 5.91 Å². The van der Waals surface area contributed by atoms with Crippen LogP contribution in [0.3, 0.4) is 0 Å². The van der Waals surface area contributed by atoms with E-state index < -0.39 is 0 Å². The van der Waals surface area contributed by atoms with Gasteiger partial charge in [-0.1, -0.05) is 6.07 Å². The van der Waals surface area contributed by atoms with Crippen molar-refractivity contribution in [3.8, 4) is 0 Å². The van der Waals surface area contributed by atoms with Crippen molar-refractivity contribution >= 4 is 5.91 Å². The Morgan fingerprint density at radius 1 is 1.27 bits per heavy atom. The highest BCUT2D eigenvalue weighted by Crippen LogP contribution is 2.19. The molecule has 116 valence electrons. The molecule has 0 bridgehead atoms. The lowest BCUT2D eigenvalue weighted by molar-refractivity contribution is 0.0302. The average molecular weight is 299 g/mol. The minimum atomic E-state index is 0.101. The second-order valence-electron chi connectivity index (χ2n) is 5.60. The Bertz CT molecular complexity index is 658. The first-order chi connectivity index (χ1) is 10.7. The summed E-state index contributed by atoms with van der Waals surface area (Å²) in [7, 11) is 0. The number of hydrogen-bond donors (Lipinski definition) is 0. The molecule has 5 nitrogen and oxygen atoms in total. The van der Waals surface area contributed by atoms with Crippen LogP contribution in [0.5, 0.6) is 0 Å². The Morgan fingerprint density at radius 2 is 2.05 bits per heavy atom. The quantitative estimate of drug-likeness (QED) is 0.871. The predicted octanol–water partition coefficient (Wildman–Crippen LogP) is 2.02. The van der Waals surface area contributed by atoms with Crippen LogP contribution in [0.15, 0.2) is 30.5 Å². The number of amides is 1. The smallest absolute Gasteiger partial charge is 0.255 e. The number of ether oxygens (including phenoxy) is 1. The number of aromatic nitrogens is 2. The van der Waals surface area contributed by atoms with Crippen molar-refractivity contribution < 1.29 is 9.53 Å². The maximum atomic E-state index is 12.7. The van der Waals surface area contributed by atoms with Gasteiger partial charge in [0.25, 0.3) is 5.91 Å². The molecule has 0 N–H and O–H groups in total. The summed E-state index contributed by atoms with van der Waals surface area (Å²) in [6, 6.07) is 7.88. The minimum absolute atomic E-state index is 0.101. The molecule has 1 saturated heterocycles. The summed E-state index contributed by atoms with van der Waals surface area (Å²) in [5.74, 6) is 0.101. The Hall–Kier alpha value is -2.14. The van der Waals surface area contributed by atoms with Crippen molar-refractivity contribution in [1.82, 2.24) is 14.5 Å². The fraction of sp³-hybridized carbons (Fsp3) is 0.412. The van der Waals surface area contributed by atoms with Crippen LogP contribution in [-0.4, -0.2) is 46.7 Å². The van der Waals surface area contributed by atoms with Gasteiger partial charge < -0.3 is 14.2 Å². The fourth-order valence-electron chi connectivity index (χ4n) is 2.85. The highest BCUT2D eigenvalue weighted by atomic mass is 16.5. The van der Waals surface area contributed by atoms with Gasteiger partial charge in [-0.3, -0.25) is 9.78 Å². The maximum Gasteiger partial charge on any atom is 0.255 e. The van der Waals surface area contributed by atoms with Crippen LogP contribution in [0.4, 0.5) is 0 Å². The lowest BCUT2D eigenvalue weighted by Crippen LogP contribution is -2.40. The molecule has 3 heterocycles. The summed E-state index contributed by atoms with van der Waals surface area (Å²) in [4.78, 5) is 18.9. The molecule has 0 radical (unpaired) electrons. The third kappa shape index (κ3) is 2.90. The van der Waals surface area contributed by atoms with E-state index >= 15 is 0 Å². The number of rotatable bonds is 3. The number of morpholine rings is 1. The first kappa shape index (κ1) is 14.8. The zero-order valence-corrected chi connectivity index (χ0v) is 13.1. The Labute approximate surface area is 130 Å². The molecule has 0 spiro atoms. The van der Waals surface area contributed by atoms with Gasteiger partial charge in [0.15, 0.2) is 0 Å². The summed E-state index contributed by atoms with van der Waals surface area (Å²) >= 11 is 0. The molecule has 0 atom stereocenters. The molecule has 3 rings (SSSR count). The van der Waals surface area contributed by atoms with Gasteiger partial charge in [-0.05, 0) is 32.0 Å². The Morgan fingerprint density at radius 3 is 2.73 bits per heavy atom. The van der Waals surface area contributed by atoms with E-state index in [0.29, 0.717) is 32.8 Å². The number of carbonyl (C=O) groups excluding carboxylic acids is 1. The largest absolute Gasteiger partial charge is 0.378 e. The molecule has 1 fully saturated rings. The summed E-state index contributed by atoms with van der Waals surface area (Å²) < 4.78 is 7.47. The molecule has 0 aliphatic carbocycles. The van der Waals surface area contributed by atoms with Gasteiger partial charge in [-0.25, -0.2) is 0 Å². The van der Waals surface area contributed by atoms with Crippen LogP contribution in [0.25, 0.3) is 0 Å². The van der Waals surface area contributed by atoms with E-state index in [0.717, 1.165) is 22.6 Å². The molecule has 1 aliphatic rings. The zero-order valence-electron chi connectivity index (χ0n) is 13.1. The first-order valence-electron chi connectivity index (χ1n) is 7.60. The third-order valence-corrected chi connectivity index (χ3v) is 4.15.